The highest BCUT2D eigenvalue weighted by Gasteiger charge is 2.36. The summed E-state index contributed by atoms with van der Waals surface area (Å²) in [6.07, 6.45) is 2.10. The zero-order chi connectivity index (χ0) is 17.8. The molecule has 0 saturated carbocycles. The minimum absolute atomic E-state index is 0.562. The van der Waals surface area contributed by atoms with E-state index in [4.69, 9.17) is 0 Å². The van der Waals surface area contributed by atoms with Crippen molar-refractivity contribution < 1.29 is 4.57 Å². The molecule has 0 aliphatic carbocycles. The van der Waals surface area contributed by atoms with Crippen molar-refractivity contribution in [2.45, 2.75) is 18.8 Å². The van der Waals surface area contributed by atoms with Crippen molar-refractivity contribution in [3.63, 3.8) is 0 Å². The van der Waals surface area contributed by atoms with E-state index in [1.54, 1.807) is 0 Å². The van der Waals surface area contributed by atoms with Gasteiger partial charge in [-0.15, -0.1) is 0 Å². The fourth-order valence-corrected chi connectivity index (χ4v) is 6.84. The van der Waals surface area contributed by atoms with Gasteiger partial charge in [-0.3, -0.25) is 4.57 Å². The molecule has 3 heteroatoms. The summed E-state index contributed by atoms with van der Waals surface area (Å²) in [5.41, 5.74) is 1.40. The predicted molar refractivity (Wildman–Crippen MR) is 110 cm³/mol. The van der Waals surface area contributed by atoms with Crippen molar-refractivity contribution in [3.05, 3.63) is 96.6 Å². The maximum atomic E-state index is 14.3. The van der Waals surface area contributed by atoms with Crippen LogP contribution in [0.2, 0.25) is 0 Å². The maximum Gasteiger partial charge on any atom is 0.207 e. The van der Waals surface area contributed by atoms with Crippen molar-refractivity contribution in [1.29, 1.82) is 0 Å². The molecule has 1 aliphatic heterocycles. The van der Waals surface area contributed by atoms with Gasteiger partial charge in [0.05, 0.1) is 0 Å². The zero-order valence-electron chi connectivity index (χ0n) is 14.9. The first-order chi connectivity index (χ1) is 12.8. The summed E-state index contributed by atoms with van der Waals surface area (Å²) in [5, 5.41) is 1.87. The minimum atomic E-state index is -2.78. The highest BCUT2D eigenvalue weighted by molar-refractivity contribution is 7.76. The van der Waals surface area contributed by atoms with E-state index in [1.807, 2.05) is 60.7 Å². The van der Waals surface area contributed by atoms with Crippen molar-refractivity contribution >= 4 is 17.9 Å². The Morgan fingerprint density at radius 2 is 1.08 bits per heavy atom. The van der Waals surface area contributed by atoms with Crippen LogP contribution in [0.5, 0.6) is 0 Å². The van der Waals surface area contributed by atoms with Crippen LogP contribution in [0.4, 0.5) is 0 Å². The normalized spacial score (nSPS) is 16.5. The standard InChI is InChI=1S/C23H24NOP/c25-26(22-12-6-2-7-13-22,23-14-8-3-9-15-23)24-18-16-21(17-19-24)20-10-4-1-5-11-20/h1-15,21H,16-19H2. The van der Waals surface area contributed by atoms with Gasteiger partial charge in [0.2, 0.25) is 7.29 Å². The SMILES string of the molecule is O=P(c1ccccc1)(c1ccccc1)N1CCC(c2ccccc2)CC1. The van der Waals surface area contributed by atoms with E-state index in [9.17, 15) is 4.57 Å². The summed E-state index contributed by atoms with van der Waals surface area (Å²) >= 11 is 0. The van der Waals surface area contributed by atoms with Crippen LogP contribution >= 0.6 is 7.29 Å². The molecule has 0 aromatic heterocycles. The smallest absolute Gasteiger partial charge is 0.207 e. The van der Waals surface area contributed by atoms with Gasteiger partial charge in [0, 0.05) is 23.7 Å². The molecule has 0 radical (unpaired) electrons. The van der Waals surface area contributed by atoms with E-state index in [0.29, 0.717) is 5.92 Å². The van der Waals surface area contributed by atoms with Gasteiger partial charge in [-0.2, -0.15) is 0 Å². The van der Waals surface area contributed by atoms with Crippen molar-refractivity contribution in [3.8, 4) is 0 Å². The average molecular weight is 361 g/mol. The number of rotatable bonds is 4. The van der Waals surface area contributed by atoms with Gasteiger partial charge in [-0.1, -0.05) is 66.7 Å². The maximum absolute atomic E-state index is 14.3. The lowest BCUT2D eigenvalue weighted by molar-refractivity contribution is 0.324. The Hall–Kier alpha value is -2.15. The second-order valence-corrected chi connectivity index (χ2v) is 9.64. The lowest BCUT2D eigenvalue weighted by Crippen LogP contribution is -2.37. The molecule has 1 fully saturated rings. The van der Waals surface area contributed by atoms with Crippen LogP contribution in [0.25, 0.3) is 0 Å². The second kappa shape index (κ2) is 7.61. The van der Waals surface area contributed by atoms with E-state index in [1.165, 1.54) is 5.56 Å². The Bertz CT molecular complexity index is 828. The summed E-state index contributed by atoms with van der Waals surface area (Å²) in [7, 11) is -2.78. The van der Waals surface area contributed by atoms with Crippen LogP contribution < -0.4 is 10.6 Å². The number of hydrogen-bond acceptors (Lipinski definition) is 1. The van der Waals surface area contributed by atoms with E-state index in [2.05, 4.69) is 35.0 Å². The topological polar surface area (TPSA) is 20.3 Å². The van der Waals surface area contributed by atoms with Crippen LogP contribution in [0.3, 0.4) is 0 Å². The van der Waals surface area contributed by atoms with Gasteiger partial charge in [-0.25, -0.2) is 4.67 Å². The molecule has 0 unspecified atom stereocenters. The van der Waals surface area contributed by atoms with Gasteiger partial charge in [0.15, 0.2) is 0 Å². The van der Waals surface area contributed by atoms with E-state index >= 15 is 0 Å². The summed E-state index contributed by atoms with van der Waals surface area (Å²) in [4.78, 5) is 0. The molecule has 0 spiro atoms. The largest absolute Gasteiger partial charge is 0.296 e. The first-order valence-corrected chi connectivity index (χ1v) is 11.0. The first kappa shape index (κ1) is 17.3. The minimum Gasteiger partial charge on any atom is -0.296 e. The first-order valence-electron chi connectivity index (χ1n) is 9.30. The van der Waals surface area contributed by atoms with Gasteiger partial charge >= 0.3 is 0 Å². The molecule has 0 atom stereocenters. The van der Waals surface area contributed by atoms with Gasteiger partial charge in [0.1, 0.15) is 0 Å². The molecule has 0 bridgehead atoms. The molecule has 1 aliphatic rings. The third kappa shape index (κ3) is 3.28. The highest BCUT2D eigenvalue weighted by Crippen LogP contribution is 2.50. The lowest BCUT2D eigenvalue weighted by Gasteiger charge is -2.38. The third-order valence-corrected chi connectivity index (χ3v) is 8.55. The zero-order valence-corrected chi connectivity index (χ0v) is 15.8. The lowest BCUT2D eigenvalue weighted by atomic mass is 9.90. The third-order valence-electron chi connectivity index (χ3n) is 5.35. The molecule has 0 amide bonds. The second-order valence-electron chi connectivity index (χ2n) is 6.89. The average Bonchev–Trinajstić information content (AvgIpc) is 2.75. The summed E-state index contributed by atoms with van der Waals surface area (Å²) in [5.74, 6) is 0.562. The van der Waals surface area contributed by atoms with Crippen molar-refractivity contribution in [2.24, 2.45) is 0 Å². The Morgan fingerprint density at radius 3 is 1.54 bits per heavy atom. The summed E-state index contributed by atoms with van der Waals surface area (Å²) in [6.45, 7) is 1.72. The molecule has 1 heterocycles. The molecule has 2 nitrogen and oxygen atoms in total. The fourth-order valence-electron chi connectivity index (χ4n) is 3.94. The fraction of sp³-hybridized carbons (Fsp3) is 0.217. The van der Waals surface area contributed by atoms with Gasteiger partial charge in [0.25, 0.3) is 0 Å². The monoisotopic (exact) mass is 361 g/mol. The van der Waals surface area contributed by atoms with Crippen LogP contribution in [-0.2, 0) is 4.57 Å². The van der Waals surface area contributed by atoms with Crippen LogP contribution in [0, 0.1) is 0 Å². The Morgan fingerprint density at radius 1 is 0.654 bits per heavy atom. The molecule has 26 heavy (non-hydrogen) atoms. The molecule has 4 rings (SSSR count). The summed E-state index contributed by atoms with van der Waals surface area (Å²) < 4.78 is 16.6. The molecular formula is C23H24NOP. The molecular weight excluding hydrogens is 337 g/mol. The number of hydrogen-bond donors (Lipinski definition) is 0. The Balaban J connectivity index is 1.64. The van der Waals surface area contributed by atoms with E-state index < -0.39 is 7.29 Å². The van der Waals surface area contributed by atoms with E-state index in [-0.39, 0.29) is 0 Å². The Labute approximate surface area is 155 Å². The number of nitrogens with zero attached hydrogens (tertiary/aromatic N) is 1. The molecule has 3 aromatic rings. The predicted octanol–water partition coefficient (Wildman–Crippen LogP) is 4.80. The molecule has 132 valence electrons. The Kier molecular flexibility index (Phi) is 5.06. The van der Waals surface area contributed by atoms with Crippen LogP contribution in [0.15, 0.2) is 91.0 Å². The molecule has 0 N–H and O–H groups in total. The van der Waals surface area contributed by atoms with Crippen LogP contribution in [-0.4, -0.2) is 17.8 Å². The number of piperidine rings is 1. The van der Waals surface area contributed by atoms with Crippen molar-refractivity contribution in [1.82, 2.24) is 4.67 Å². The number of benzene rings is 3. The highest BCUT2D eigenvalue weighted by atomic mass is 31.2. The van der Waals surface area contributed by atoms with Crippen molar-refractivity contribution in [2.75, 3.05) is 13.1 Å². The van der Waals surface area contributed by atoms with Gasteiger partial charge in [-0.05, 0) is 48.6 Å². The quantitative estimate of drug-likeness (QED) is 0.623. The summed E-state index contributed by atoms with van der Waals surface area (Å²) in [6, 6.07) is 30.7. The molecule has 3 aromatic carbocycles. The van der Waals surface area contributed by atoms with E-state index in [0.717, 1.165) is 36.5 Å². The van der Waals surface area contributed by atoms with Crippen LogP contribution in [0.1, 0.15) is 24.3 Å². The van der Waals surface area contributed by atoms with Gasteiger partial charge < -0.3 is 0 Å². The molecule has 1 saturated heterocycles.